The Labute approximate surface area is 236 Å². The second-order valence-corrected chi connectivity index (χ2v) is 10.6. The van der Waals surface area contributed by atoms with Crippen molar-refractivity contribution in [3.8, 4) is 34.4 Å². The van der Waals surface area contributed by atoms with Crippen molar-refractivity contribution in [3.63, 3.8) is 0 Å². The highest BCUT2D eigenvalue weighted by Gasteiger charge is 2.11. The third kappa shape index (κ3) is 12.3. The molecule has 0 radical (unpaired) electrons. The highest BCUT2D eigenvalue weighted by molar-refractivity contribution is 5.59. The molecule has 0 aliphatic heterocycles. The zero-order chi connectivity index (χ0) is 27.4. The number of nitrogens with zero attached hydrogens (tertiary/aromatic N) is 2. The molecule has 0 saturated carbocycles. The Morgan fingerprint density at radius 2 is 0.795 bits per heavy atom. The first kappa shape index (κ1) is 30.7. The van der Waals surface area contributed by atoms with Crippen LogP contribution >= 0.6 is 0 Å². The summed E-state index contributed by atoms with van der Waals surface area (Å²) in [6.07, 6.45) is 20.8. The van der Waals surface area contributed by atoms with E-state index in [1.807, 2.05) is 48.5 Å². The SMILES string of the molecule is CCCCCCCCCCOc1ccc(-c2nnc(-c3ccc(OCCCCCCCCCC)cc3)o2)cc1. The molecule has 0 atom stereocenters. The van der Waals surface area contributed by atoms with Crippen molar-refractivity contribution >= 4 is 0 Å². The lowest BCUT2D eigenvalue weighted by Gasteiger charge is -2.07. The predicted molar refractivity (Wildman–Crippen MR) is 161 cm³/mol. The van der Waals surface area contributed by atoms with Crippen molar-refractivity contribution < 1.29 is 13.9 Å². The summed E-state index contributed by atoms with van der Waals surface area (Å²) in [5, 5.41) is 8.50. The fourth-order valence-electron chi connectivity index (χ4n) is 4.70. The number of hydrogen-bond acceptors (Lipinski definition) is 5. The van der Waals surface area contributed by atoms with Crippen molar-refractivity contribution in [2.45, 2.75) is 117 Å². The topological polar surface area (TPSA) is 57.4 Å². The van der Waals surface area contributed by atoms with Crippen molar-refractivity contribution in [1.29, 1.82) is 0 Å². The first-order valence-corrected chi connectivity index (χ1v) is 15.6. The minimum atomic E-state index is 0.509. The fourth-order valence-corrected chi connectivity index (χ4v) is 4.70. The maximum Gasteiger partial charge on any atom is 0.248 e. The predicted octanol–water partition coefficient (Wildman–Crippen LogP) is 10.4. The third-order valence-electron chi connectivity index (χ3n) is 7.16. The molecule has 2 aromatic carbocycles. The molecule has 5 nitrogen and oxygen atoms in total. The second kappa shape index (κ2) is 19.3. The molecule has 214 valence electrons. The van der Waals surface area contributed by atoms with E-state index in [1.54, 1.807) is 0 Å². The zero-order valence-electron chi connectivity index (χ0n) is 24.5. The van der Waals surface area contributed by atoms with Gasteiger partial charge in [0.25, 0.3) is 0 Å². The summed E-state index contributed by atoms with van der Waals surface area (Å²) in [4.78, 5) is 0. The number of aromatic nitrogens is 2. The maximum atomic E-state index is 5.95. The molecule has 3 aromatic rings. The van der Waals surface area contributed by atoms with Gasteiger partial charge in [-0.25, -0.2) is 0 Å². The Bertz CT molecular complexity index is 918. The van der Waals surface area contributed by atoms with Gasteiger partial charge in [-0.15, -0.1) is 10.2 Å². The van der Waals surface area contributed by atoms with Gasteiger partial charge in [-0.05, 0) is 61.4 Å². The van der Waals surface area contributed by atoms with Crippen LogP contribution in [0.25, 0.3) is 22.9 Å². The van der Waals surface area contributed by atoms with E-state index in [9.17, 15) is 0 Å². The van der Waals surface area contributed by atoms with Gasteiger partial charge in [0.05, 0.1) is 13.2 Å². The summed E-state index contributed by atoms with van der Waals surface area (Å²) in [5.74, 6) is 2.78. The fraction of sp³-hybridized carbons (Fsp3) is 0.588. The van der Waals surface area contributed by atoms with E-state index in [0.717, 1.165) is 48.7 Å². The average molecular weight is 535 g/mol. The van der Waals surface area contributed by atoms with E-state index < -0.39 is 0 Å². The molecule has 1 aromatic heterocycles. The van der Waals surface area contributed by atoms with E-state index in [4.69, 9.17) is 13.9 Å². The smallest absolute Gasteiger partial charge is 0.248 e. The summed E-state index contributed by atoms with van der Waals surface area (Å²) in [6, 6.07) is 15.8. The van der Waals surface area contributed by atoms with Crippen LogP contribution in [0.2, 0.25) is 0 Å². The van der Waals surface area contributed by atoms with Crippen LogP contribution in [0.5, 0.6) is 11.5 Å². The van der Waals surface area contributed by atoms with Gasteiger partial charge < -0.3 is 13.9 Å². The number of unbranched alkanes of at least 4 members (excludes halogenated alkanes) is 14. The summed E-state index contributed by atoms with van der Waals surface area (Å²) < 4.78 is 17.8. The minimum absolute atomic E-state index is 0.509. The summed E-state index contributed by atoms with van der Waals surface area (Å²) in [6.45, 7) is 6.05. The molecule has 1 heterocycles. The van der Waals surface area contributed by atoms with E-state index in [-0.39, 0.29) is 0 Å². The normalized spacial score (nSPS) is 11.1. The Morgan fingerprint density at radius 1 is 0.462 bits per heavy atom. The third-order valence-corrected chi connectivity index (χ3v) is 7.16. The van der Waals surface area contributed by atoms with Gasteiger partial charge in [-0.2, -0.15) is 0 Å². The maximum absolute atomic E-state index is 5.95. The summed E-state index contributed by atoms with van der Waals surface area (Å²) >= 11 is 0. The first-order valence-electron chi connectivity index (χ1n) is 15.6. The number of benzene rings is 2. The molecule has 0 N–H and O–H groups in total. The summed E-state index contributed by atoms with van der Waals surface area (Å²) in [7, 11) is 0. The van der Waals surface area contributed by atoms with Gasteiger partial charge in [0, 0.05) is 11.1 Å². The number of ether oxygens (including phenoxy) is 2. The number of hydrogen-bond donors (Lipinski definition) is 0. The molecule has 5 heteroatoms. The molecule has 0 aliphatic rings. The molecule has 0 amide bonds. The van der Waals surface area contributed by atoms with E-state index in [1.165, 1.54) is 89.9 Å². The van der Waals surface area contributed by atoms with E-state index >= 15 is 0 Å². The lowest BCUT2D eigenvalue weighted by molar-refractivity contribution is 0.304. The van der Waals surface area contributed by atoms with Crippen molar-refractivity contribution in [2.75, 3.05) is 13.2 Å². The molecular formula is C34H50N2O3. The van der Waals surface area contributed by atoms with E-state index in [2.05, 4.69) is 24.0 Å². The van der Waals surface area contributed by atoms with Gasteiger partial charge in [0.2, 0.25) is 11.8 Å². The van der Waals surface area contributed by atoms with Crippen LogP contribution < -0.4 is 9.47 Å². The monoisotopic (exact) mass is 534 g/mol. The Morgan fingerprint density at radius 3 is 1.15 bits per heavy atom. The molecule has 0 fully saturated rings. The van der Waals surface area contributed by atoms with Crippen LogP contribution in [-0.2, 0) is 0 Å². The first-order chi connectivity index (χ1) is 19.3. The van der Waals surface area contributed by atoms with Gasteiger partial charge in [0.1, 0.15) is 11.5 Å². The largest absolute Gasteiger partial charge is 0.494 e. The van der Waals surface area contributed by atoms with Gasteiger partial charge in [0.15, 0.2) is 0 Å². The Balaban J connectivity index is 1.33. The van der Waals surface area contributed by atoms with E-state index in [0.29, 0.717) is 11.8 Å². The van der Waals surface area contributed by atoms with Gasteiger partial charge in [-0.1, -0.05) is 104 Å². The molecular weight excluding hydrogens is 484 g/mol. The highest BCUT2D eigenvalue weighted by Crippen LogP contribution is 2.27. The van der Waals surface area contributed by atoms with Crippen molar-refractivity contribution in [2.24, 2.45) is 0 Å². The van der Waals surface area contributed by atoms with Crippen LogP contribution in [-0.4, -0.2) is 23.4 Å². The Hall–Kier alpha value is -2.82. The van der Waals surface area contributed by atoms with Crippen molar-refractivity contribution in [3.05, 3.63) is 48.5 Å². The summed E-state index contributed by atoms with van der Waals surface area (Å²) in [5.41, 5.74) is 1.77. The highest BCUT2D eigenvalue weighted by atomic mass is 16.5. The molecule has 0 unspecified atom stereocenters. The van der Waals surface area contributed by atoms with Crippen LogP contribution in [0.4, 0.5) is 0 Å². The Kier molecular flexibility index (Phi) is 15.2. The lowest BCUT2D eigenvalue weighted by atomic mass is 10.1. The van der Waals surface area contributed by atoms with Gasteiger partial charge in [-0.3, -0.25) is 0 Å². The molecule has 0 saturated heterocycles. The quantitative estimate of drug-likeness (QED) is 0.120. The van der Waals surface area contributed by atoms with Crippen LogP contribution in [0.1, 0.15) is 117 Å². The molecule has 3 rings (SSSR count). The van der Waals surface area contributed by atoms with Crippen LogP contribution in [0.15, 0.2) is 52.9 Å². The lowest BCUT2D eigenvalue weighted by Crippen LogP contribution is -1.97. The standard InChI is InChI=1S/C34H50N2O3/c1-3-5-7-9-11-13-15-17-27-37-31-23-19-29(20-24-31)33-35-36-34(39-33)30-21-25-32(26-22-30)38-28-18-16-14-12-10-8-6-4-2/h19-26H,3-18,27-28H2,1-2H3. The van der Waals surface area contributed by atoms with Gasteiger partial charge >= 0.3 is 0 Å². The molecule has 0 bridgehead atoms. The second-order valence-electron chi connectivity index (χ2n) is 10.6. The minimum Gasteiger partial charge on any atom is -0.494 e. The number of rotatable bonds is 22. The molecule has 39 heavy (non-hydrogen) atoms. The zero-order valence-corrected chi connectivity index (χ0v) is 24.5. The molecule has 0 aliphatic carbocycles. The van der Waals surface area contributed by atoms with Crippen molar-refractivity contribution in [1.82, 2.24) is 10.2 Å². The average Bonchev–Trinajstić information content (AvgIpc) is 3.46. The van der Waals surface area contributed by atoms with Crippen LogP contribution in [0.3, 0.4) is 0 Å². The molecule has 0 spiro atoms. The van der Waals surface area contributed by atoms with Crippen LogP contribution in [0, 0.1) is 0 Å².